The summed E-state index contributed by atoms with van der Waals surface area (Å²) < 4.78 is 6.16. The SMILES string of the molecule is CCCNC1CCCC(Oc2ccc(C)c(C)c2)C1. The number of rotatable bonds is 5. The van der Waals surface area contributed by atoms with Gasteiger partial charge in [0.05, 0.1) is 0 Å². The van der Waals surface area contributed by atoms with Gasteiger partial charge in [-0.1, -0.05) is 13.0 Å². The second-order valence-corrected chi connectivity index (χ2v) is 5.80. The van der Waals surface area contributed by atoms with Crippen molar-refractivity contribution in [1.29, 1.82) is 0 Å². The van der Waals surface area contributed by atoms with E-state index < -0.39 is 0 Å². The Morgan fingerprint density at radius 1 is 1.21 bits per heavy atom. The first-order valence-corrected chi connectivity index (χ1v) is 7.66. The molecule has 0 saturated heterocycles. The Labute approximate surface area is 117 Å². The van der Waals surface area contributed by atoms with Crippen LogP contribution >= 0.6 is 0 Å². The monoisotopic (exact) mass is 261 g/mol. The van der Waals surface area contributed by atoms with Crippen molar-refractivity contribution < 1.29 is 4.74 Å². The van der Waals surface area contributed by atoms with Gasteiger partial charge in [0.25, 0.3) is 0 Å². The topological polar surface area (TPSA) is 21.3 Å². The average Bonchev–Trinajstić information content (AvgIpc) is 2.41. The van der Waals surface area contributed by atoms with E-state index in [4.69, 9.17) is 4.74 Å². The molecule has 19 heavy (non-hydrogen) atoms. The van der Waals surface area contributed by atoms with Crippen LogP contribution in [0.3, 0.4) is 0 Å². The van der Waals surface area contributed by atoms with E-state index in [1.165, 1.54) is 36.8 Å². The maximum absolute atomic E-state index is 6.16. The van der Waals surface area contributed by atoms with Gasteiger partial charge in [0.2, 0.25) is 0 Å². The second-order valence-electron chi connectivity index (χ2n) is 5.80. The Hall–Kier alpha value is -1.02. The lowest BCUT2D eigenvalue weighted by atomic mass is 9.92. The van der Waals surface area contributed by atoms with Gasteiger partial charge in [0.1, 0.15) is 11.9 Å². The molecule has 0 bridgehead atoms. The van der Waals surface area contributed by atoms with Gasteiger partial charge in [-0.05, 0) is 75.8 Å². The zero-order chi connectivity index (χ0) is 13.7. The lowest BCUT2D eigenvalue weighted by Crippen LogP contribution is -2.38. The van der Waals surface area contributed by atoms with Gasteiger partial charge in [-0.2, -0.15) is 0 Å². The molecule has 0 aliphatic heterocycles. The van der Waals surface area contributed by atoms with Crippen molar-refractivity contribution in [2.24, 2.45) is 0 Å². The third kappa shape index (κ3) is 4.24. The lowest BCUT2D eigenvalue weighted by molar-refractivity contribution is 0.135. The molecule has 2 nitrogen and oxygen atoms in total. The minimum absolute atomic E-state index is 0.380. The summed E-state index contributed by atoms with van der Waals surface area (Å²) in [4.78, 5) is 0. The maximum Gasteiger partial charge on any atom is 0.119 e. The largest absolute Gasteiger partial charge is 0.490 e. The highest BCUT2D eigenvalue weighted by atomic mass is 16.5. The van der Waals surface area contributed by atoms with E-state index in [1.54, 1.807) is 0 Å². The van der Waals surface area contributed by atoms with Crippen molar-refractivity contribution in [3.8, 4) is 5.75 Å². The van der Waals surface area contributed by atoms with Gasteiger partial charge >= 0.3 is 0 Å². The molecular weight excluding hydrogens is 234 g/mol. The standard InChI is InChI=1S/C17H27NO/c1-4-10-18-15-6-5-7-16(12-15)19-17-9-8-13(2)14(3)11-17/h8-9,11,15-16,18H,4-7,10,12H2,1-3H3. The van der Waals surface area contributed by atoms with E-state index in [0.717, 1.165) is 18.7 Å². The van der Waals surface area contributed by atoms with Crippen LogP contribution in [0, 0.1) is 13.8 Å². The van der Waals surface area contributed by atoms with Crippen molar-refractivity contribution in [2.45, 2.75) is 65.0 Å². The molecule has 1 aromatic carbocycles. The molecule has 0 radical (unpaired) electrons. The summed E-state index contributed by atoms with van der Waals surface area (Å²) in [5, 5.41) is 3.63. The number of ether oxygens (including phenoxy) is 1. The van der Waals surface area contributed by atoms with Crippen LogP contribution in [0.1, 0.15) is 50.2 Å². The van der Waals surface area contributed by atoms with Gasteiger partial charge in [-0.3, -0.25) is 0 Å². The van der Waals surface area contributed by atoms with Crippen LogP contribution in [-0.2, 0) is 0 Å². The molecule has 2 unspecified atom stereocenters. The average molecular weight is 261 g/mol. The van der Waals surface area contributed by atoms with Crippen LogP contribution in [0.2, 0.25) is 0 Å². The predicted octanol–water partition coefficient (Wildman–Crippen LogP) is 3.99. The van der Waals surface area contributed by atoms with Crippen molar-refractivity contribution in [3.63, 3.8) is 0 Å². The molecule has 1 N–H and O–H groups in total. The maximum atomic E-state index is 6.16. The van der Waals surface area contributed by atoms with Crippen LogP contribution in [0.25, 0.3) is 0 Å². The first-order chi connectivity index (χ1) is 9.19. The van der Waals surface area contributed by atoms with E-state index in [9.17, 15) is 0 Å². The van der Waals surface area contributed by atoms with E-state index in [2.05, 4.69) is 44.3 Å². The first kappa shape index (κ1) is 14.4. The summed E-state index contributed by atoms with van der Waals surface area (Å²) in [6.45, 7) is 7.64. The third-order valence-corrected chi connectivity index (χ3v) is 4.09. The number of hydrogen-bond acceptors (Lipinski definition) is 2. The smallest absolute Gasteiger partial charge is 0.119 e. The van der Waals surface area contributed by atoms with Crippen molar-refractivity contribution >= 4 is 0 Å². The summed E-state index contributed by atoms with van der Waals surface area (Å²) in [7, 11) is 0. The first-order valence-electron chi connectivity index (χ1n) is 7.66. The molecule has 2 heteroatoms. The van der Waals surface area contributed by atoms with E-state index in [1.807, 2.05) is 0 Å². The normalized spacial score (nSPS) is 23.3. The molecule has 0 heterocycles. The Kier molecular flexibility index (Phi) is 5.26. The molecule has 0 spiro atoms. The van der Waals surface area contributed by atoms with Crippen molar-refractivity contribution in [3.05, 3.63) is 29.3 Å². The number of nitrogens with one attached hydrogen (secondary N) is 1. The minimum atomic E-state index is 0.380. The van der Waals surface area contributed by atoms with E-state index >= 15 is 0 Å². The fourth-order valence-corrected chi connectivity index (χ4v) is 2.77. The van der Waals surface area contributed by atoms with E-state index in [0.29, 0.717) is 12.1 Å². The van der Waals surface area contributed by atoms with E-state index in [-0.39, 0.29) is 0 Å². The summed E-state index contributed by atoms with van der Waals surface area (Å²) in [5.74, 6) is 1.03. The minimum Gasteiger partial charge on any atom is -0.490 e. The molecular formula is C17H27NO. The second kappa shape index (κ2) is 6.95. The fraction of sp³-hybridized carbons (Fsp3) is 0.647. The summed E-state index contributed by atoms with van der Waals surface area (Å²) >= 11 is 0. The Morgan fingerprint density at radius 2 is 2.05 bits per heavy atom. The molecule has 1 aromatic rings. The van der Waals surface area contributed by atoms with Gasteiger partial charge in [0, 0.05) is 6.04 Å². The molecule has 1 aliphatic carbocycles. The molecule has 0 aromatic heterocycles. The summed E-state index contributed by atoms with van der Waals surface area (Å²) in [6.07, 6.45) is 6.50. The predicted molar refractivity (Wildman–Crippen MR) is 80.9 cm³/mol. The number of benzene rings is 1. The molecule has 1 aliphatic rings. The summed E-state index contributed by atoms with van der Waals surface area (Å²) in [6, 6.07) is 7.06. The van der Waals surface area contributed by atoms with Crippen LogP contribution in [0.5, 0.6) is 5.75 Å². The van der Waals surface area contributed by atoms with Crippen molar-refractivity contribution in [1.82, 2.24) is 5.32 Å². The van der Waals surface area contributed by atoms with Gasteiger partial charge in [0.15, 0.2) is 0 Å². The Morgan fingerprint density at radius 3 is 2.79 bits per heavy atom. The third-order valence-electron chi connectivity index (χ3n) is 4.09. The van der Waals surface area contributed by atoms with Crippen LogP contribution < -0.4 is 10.1 Å². The molecule has 106 valence electrons. The quantitative estimate of drug-likeness (QED) is 0.865. The highest BCUT2D eigenvalue weighted by Gasteiger charge is 2.22. The van der Waals surface area contributed by atoms with Gasteiger partial charge < -0.3 is 10.1 Å². The molecule has 2 atom stereocenters. The zero-order valence-corrected chi connectivity index (χ0v) is 12.5. The molecule has 1 fully saturated rings. The van der Waals surface area contributed by atoms with Gasteiger partial charge in [-0.25, -0.2) is 0 Å². The van der Waals surface area contributed by atoms with Crippen LogP contribution in [0.4, 0.5) is 0 Å². The summed E-state index contributed by atoms with van der Waals surface area (Å²) in [5.41, 5.74) is 2.65. The number of aryl methyl sites for hydroxylation is 2. The van der Waals surface area contributed by atoms with Crippen molar-refractivity contribution in [2.75, 3.05) is 6.54 Å². The van der Waals surface area contributed by atoms with Crippen LogP contribution in [0.15, 0.2) is 18.2 Å². The Balaban J connectivity index is 1.89. The highest BCUT2D eigenvalue weighted by Crippen LogP contribution is 2.25. The Bertz CT molecular complexity index is 402. The highest BCUT2D eigenvalue weighted by molar-refractivity contribution is 5.33. The van der Waals surface area contributed by atoms with Crippen LogP contribution in [-0.4, -0.2) is 18.7 Å². The molecule has 2 rings (SSSR count). The fourth-order valence-electron chi connectivity index (χ4n) is 2.77. The number of hydrogen-bond donors (Lipinski definition) is 1. The van der Waals surface area contributed by atoms with Gasteiger partial charge in [-0.15, -0.1) is 0 Å². The molecule has 0 amide bonds. The zero-order valence-electron chi connectivity index (χ0n) is 12.5. The lowest BCUT2D eigenvalue weighted by Gasteiger charge is -2.30. The molecule has 1 saturated carbocycles.